The van der Waals surface area contributed by atoms with Gasteiger partial charge in [-0.25, -0.2) is 0 Å². The Morgan fingerprint density at radius 1 is 0.958 bits per heavy atom. The molecule has 0 bridgehead atoms. The van der Waals surface area contributed by atoms with E-state index in [9.17, 15) is 18.3 Å². The lowest BCUT2D eigenvalue weighted by Crippen LogP contribution is -2.48. The first kappa shape index (κ1) is 18.5. The number of halogens is 3. The summed E-state index contributed by atoms with van der Waals surface area (Å²) in [5.41, 5.74) is 1.84. The average Bonchev–Trinajstić information content (AvgIpc) is 2.58. The Hall–Kier alpha value is -1.85. The van der Waals surface area contributed by atoms with E-state index in [1.54, 1.807) is 6.92 Å². The third-order valence-electron chi connectivity index (χ3n) is 4.07. The van der Waals surface area contributed by atoms with E-state index in [-0.39, 0.29) is 12.5 Å². The van der Waals surface area contributed by atoms with Crippen molar-refractivity contribution < 1.29 is 18.3 Å². The maximum absolute atomic E-state index is 13.0. The SMILES string of the molecule is C[C@@H](NC(CCc1ccccc1)C(O)C(F)(F)F)c1ccccc1. The first-order valence-corrected chi connectivity index (χ1v) is 7.97. The van der Waals surface area contributed by atoms with E-state index in [1.807, 2.05) is 60.7 Å². The van der Waals surface area contributed by atoms with Crippen molar-refractivity contribution in [2.75, 3.05) is 0 Å². The summed E-state index contributed by atoms with van der Waals surface area (Å²) < 4.78 is 39.0. The zero-order valence-electron chi connectivity index (χ0n) is 13.5. The molecule has 0 fully saturated rings. The maximum atomic E-state index is 13.0. The molecule has 5 heteroatoms. The highest BCUT2D eigenvalue weighted by molar-refractivity contribution is 5.19. The molecular formula is C19H22F3NO. The standard InChI is InChI=1S/C19H22F3NO/c1-14(16-10-6-3-7-11-16)23-17(18(24)19(20,21)22)13-12-15-8-4-2-5-9-15/h2-11,14,17-18,23-24H,12-13H2,1H3/t14-,17?,18?/m1/s1. The molecule has 0 saturated heterocycles. The van der Waals surface area contributed by atoms with Crippen LogP contribution < -0.4 is 5.32 Å². The summed E-state index contributed by atoms with van der Waals surface area (Å²) in [6.45, 7) is 1.80. The molecule has 2 rings (SSSR count). The van der Waals surface area contributed by atoms with Crippen LogP contribution in [-0.2, 0) is 6.42 Å². The fourth-order valence-electron chi connectivity index (χ4n) is 2.69. The molecule has 0 aliphatic carbocycles. The van der Waals surface area contributed by atoms with Crippen molar-refractivity contribution in [1.29, 1.82) is 0 Å². The van der Waals surface area contributed by atoms with Crippen LogP contribution in [0.2, 0.25) is 0 Å². The van der Waals surface area contributed by atoms with Crippen molar-refractivity contribution >= 4 is 0 Å². The lowest BCUT2D eigenvalue weighted by molar-refractivity contribution is -0.213. The van der Waals surface area contributed by atoms with Crippen LogP contribution in [0, 0.1) is 0 Å². The second kappa shape index (κ2) is 8.31. The topological polar surface area (TPSA) is 32.3 Å². The van der Waals surface area contributed by atoms with Gasteiger partial charge in [-0.05, 0) is 30.9 Å². The highest BCUT2D eigenvalue weighted by Crippen LogP contribution is 2.26. The van der Waals surface area contributed by atoms with E-state index >= 15 is 0 Å². The Morgan fingerprint density at radius 3 is 2.04 bits per heavy atom. The Kier molecular flexibility index (Phi) is 6.40. The molecule has 0 amide bonds. The summed E-state index contributed by atoms with van der Waals surface area (Å²) in [5.74, 6) is 0. The van der Waals surface area contributed by atoms with Crippen molar-refractivity contribution in [3.05, 3.63) is 71.8 Å². The van der Waals surface area contributed by atoms with E-state index in [2.05, 4.69) is 5.32 Å². The van der Waals surface area contributed by atoms with Crippen molar-refractivity contribution in [2.45, 2.75) is 44.1 Å². The molecule has 0 aromatic heterocycles. The minimum Gasteiger partial charge on any atom is -0.382 e. The zero-order chi connectivity index (χ0) is 17.6. The Bertz CT molecular complexity index is 601. The van der Waals surface area contributed by atoms with Gasteiger partial charge in [0.25, 0.3) is 0 Å². The van der Waals surface area contributed by atoms with E-state index in [0.717, 1.165) is 11.1 Å². The number of rotatable bonds is 7. The van der Waals surface area contributed by atoms with Crippen molar-refractivity contribution in [2.24, 2.45) is 0 Å². The van der Waals surface area contributed by atoms with Gasteiger partial charge in [0.15, 0.2) is 6.10 Å². The second-order valence-electron chi connectivity index (χ2n) is 5.92. The molecule has 0 saturated carbocycles. The van der Waals surface area contributed by atoms with Crippen molar-refractivity contribution in [3.8, 4) is 0 Å². The number of aryl methyl sites for hydroxylation is 1. The minimum atomic E-state index is -4.65. The molecule has 2 N–H and O–H groups in total. The molecule has 24 heavy (non-hydrogen) atoms. The maximum Gasteiger partial charge on any atom is 0.415 e. The lowest BCUT2D eigenvalue weighted by Gasteiger charge is -2.29. The number of alkyl halides is 3. The van der Waals surface area contributed by atoms with Gasteiger partial charge in [-0.3, -0.25) is 0 Å². The van der Waals surface area contributed by atoms with Gasteiger partial charge < -0.3 is 10.4 Å². The van der Waals surface area contributed by atoms with Gasteiger partial charge in [0.1, 0.15) is 0 Å². The molecular weight excluding hydrogens is 315 g/mol. The molecule has 0 spiro atoms. The molecule has 2 nitrogen and oxygen atoms in total. The van der Waals surface area contributed by atoms with E-state index in [1.165, 1.54) is 0 Å². The van der Waals surface area contributed by atoms with Crippen LogP contribution in [0.1, 0.15) is 30.5 Å². The summed E-state index contributed by atoms with van der Waals surface area (Å²) in [7, 11) is 0. The van der Waals surface area contributed by atoms with Crippen LogP contribution in [0.3, 0.4) is 0 Å². The summed E-state index contributed by atoms with van der Waals surface area (Å²) in [6.07, 6.45) is -6.38. The Labute approximate surface area is 140 Å². The van der Waals surface area contributed by atoms with Crippen molar-refractivity contribution in [3.63, 3.8) is 0 Å². The highest BCUT2D eigenvalue weighted by Gasteiger charge is 2.43. The van der Waals surface area contributed by atoms with Gasteiger partial charge in [-0.1, -0.05) is 60.7 Å². The van der Waals surface area contributed by atoms with E-state index in [4.69, 9.17) is 0 Å². The third kappa shape index (κ3) is 5.35. The molecule has 0 aliphatic rings. The van der Waals surface area contributed by atoms with Gasteiger partial charge in [0, 0.05) is 12.1 Å². The lowest BCUT2D eigenvalue weighted by atomic mass is 9.98. The average molecular weight is 337 g/mol. The van der Waals surface area contributed by atoms with Crippen molar-refractivity contribution in [1.82, 2.24) is 5.32 Å². The zero-order valence-corrected chi connectivity index (χ0v) is 13.5. The summed E-state index contributed by atoms with van der Waals surface area (Å²) in [6, 6.07) is 17.2. The molecule has 0 heterocycles. The van der Waals surface area contributed by atoms with Gasteiger partial charge >= 0.3 is 6.18 Å². The normalized spacial score (nSPS) is 15.7. The number of hydrogen-bond acceptors (Lipinski definition) is 2. The summed E-state index contributed by atoms with van der Waals surface area (Å²) in [5, 5.41) is 12.7. The van der Waals surface area contributed by atoms with E-state index in [0.29, 0.717) is 6.42 Å². The van der Waals surface area contributed by atoms with Gasteiger partial charge in [0.2, 0.25) is 0 Å². The number of benzene rings is 2. The fraction of sp³-hybridized carbons (Fsp3) is 0.368. The molecule has 2 unspecified atom stereocenters. The molecule has 3 atom stereocenters. The van der Waals surface area contributed by atoms with Crippen LogP contribution in [-0.4, -0.2) is 23.4 Å². The minimum absolute atomic E-state index is 0.196. The van der Waals surface area contributed by atoms with Gasteiger partial charge in [-0.2, -0.15) is 13.2 Å². The highest BCUT2D eigenvalue weighted by atomic mass is 19.4. The summed E-state index contributed by atoms with van der Waals surface area (Å²) in [4.78, 5) is 0. The molecule has 2 aromatic rings. The van der Waals surface area contributed by atoms with Crippen LogP contribution in [0.4, 0.5) is 13.2 Å². The first-order chi connectivity index (χ1) is 11.4. The van der Waals surface area contributed by atoms with Crippen LogP contribution >= 0.6 is 0 Å². The predicted molar refractivity (Wildman–Crippen MR) is 88.6 cm³/mol. The summed E-state index contributed by atoms with van der Waals surface area (Å²) >= 11 is 0. The quantitative estimate of drug-likeness (QED) is 0.791. The van der Waals surface area contributed by atoms with E-state index < -0.39 is 18.3 Å². The largest absolute Gasteiger partial charge is 0.415 e. The number of hydrogen-bond donors (Lipinski definition) is 2. The third-order valence-corrected chi connectivity index (χ3v) is 4.07. The smallest absolute Gasteiger partial charge is 0.382 e. The molecule has 2 aromatic carbocycles. The molecule has 0 radical (unpaired) electrons. The van der Waals surface area contributed by atoms with Gasteiger partial charge in [-0.15, -0.1) is 0 Å². The molecule has 130 valence electrons. The van der Waals surface area contributed by atoms with Crippen LogP contribution in [0.5, 0.6) is 0 Å². The Morgan fingerprint density at radius 2 is 1.50 bits per heavy atom. The number of aliphatic hydroxyl groups is 1. The van der Waals surface area contributed by atoms with Crippen LogP contribution in [0.25, 0.3) is 0 Å². The van der Waals surface area contributed by atoms with Crippen LogP contribution in [0.15, 0.2) is 60.7 Å². The van der Waals surface area contributed by atoms with Gasteiger partial charge in [0.05, 0.1) is 0 Å². The predicted octanol–water partition coefficient (Wildman–Crippen LogP) is 4.26. The Balaban J connectivity index is 2.07. The first-order valence-electron chi connectivity index (χ1n) is 7.97. The number of nitrogens with one attached hydrogen (secondary N) is 1. The molecule has 0 aliphatic heterocycles. The fourth-order valence-corrected chi connectivity index (χ4v) is 2.69. The second-order valence-corrected chi connectivity index (χ2v) is 5.92. The monoisotopic (exact) mass is 337 g/mol. The number of aliphatic hydroxyl groups excluding tert-OH is 1.